The molecular formula is C22H22N8OS. The zero-order valence-electron chi connectivity index (χ0n) is 17.5. The first-order valence-corrected chi connectivity index (χ1v) is 12.0. The van der Waals surface area contributed by atoms with E-state index in [1.54, 1.807) is 17.7 Å². The van der Waals surface area contributed by atoms with E-state index in [0.717, 1.165) is 55.1 Å². The molecule has 3 saturated heterocycles. The summed E-state index contributed by atoms with van der Waals surface area (Å²) >= 11 is 1.68. The van der Waals surface area contributed by atoms with Crippen LogP contribution in [-0.2, 0) is 11.8 Å². The molecule has 2 bridgehead atoms. The summed E-state index contributed by atoms with van der Waals surface area (Å²) in [7, 11) is 0. The van der Waals surface area contributed by atoms with Crippen molar-refractivity contribution in [2.45, 2.75) is 43.2 Å². The van der Waals surface area contributed by atoms with E-state index in [2.05, 4.69) is 41.1 Å². The molecule has 0 aromatic carbocycles. The highest BCUT2D eigenvalue weighted by Crippen LogP contribution is 2.51. The maximum absolute atomic E-state index is 12.5. The molecule has 162 valence electrons. The van der Waals surface area contributed by atoms with Crippen molar-refractivity contribution in [3.05, 3.63) is 39.0 Å². The summed E-state index contributed by atoms with van der Waals surface area (Å²) in [5, 5.41) is 14.4. The predicted octanol–water partition coefficient (Wildman–Crippen LogP) is 1.29. The Morgan fingerprint density at radius 3 is 2.62 bits per heavy atom. The summed E-state index contributed by atoms with van der Waals surface area (Å²) in [6.45, 7) is 3.29. The largest absolute Gasteiger partial charge is 0.353 e. The lowest BCUT2D eigenvalue weighted by Crippen LogP contribution is -2.59. The van der Waals surface area contributed by atoms with Crippen LogP contribution >= 0.6 is 11.3 Å². The fourth-order valence-electron chi connectivity index (χ4n) is 6.28. The topological polar surface area (TPSA) is 114 Å². The van der Waals surface area contributed by atoms with Gasteiger partial charge in [-0.05, 0) is 31.2 Å². The number of anilines is 2. The monoisotopic (exact) mass is 446 g/mol. The number of piperazine rings is 1. The van der Waals surface area contributed by atoms with Crippen molar-refractivity contribution < 1.29 is 0 Å². The van der Waals surface area contributed by atoms with E-state index in [9.17, 15) is 10.1 Å². The van der Waals surface area contributed by atoms with Crippen LogP contribution in [0.15, 0.2) is 17.4 Å². The highest BCUT2D eigenvalue weighted by atomic mass is 32.1. The van der Waals surface area contributed by atoms with Crippen LogP contribution in [0, 0.1) is 11.3 Å². The normalized spacial score (nSPS) is 25.2. The van der Waals surface area contributed by atoms with Gasteiger partial charge >= 0.3 is 0 Å². The minimum atomic E-state index is -0.147. The molecule has 0 amide bonds. The number of hydrogen-bond donors (Lipinski definition) is 2. The minimum absolute atomic E-state index is 0.0599. The molecule has 10 heteroatoms. The van der Waals surface area contributed by atoms with Crippen LogP contribution in [0.4, 0.5) is 11.6 Å². The van der Waals surface area contributed by atoms with Crippen LogP contribution in [0.5, 0.6) is 0 Å². The van der Waals surface area contributed by atoms with Gasteiger partial charge in [0.05, 0.1) is 11.7 Å². The van der Waals surface area contributed by atoms with Gasteiger partial charge in [0.25, 0.3) is 5.56 Å². The van der Waals surface area contributed by atoms with Crippen LogP contribution in [0.25, 0.3) is 10.2 Å². The fraction of sp³-hybridized carbons (Fsp3) is 0.500. The summed E-state index contributed by atoms with van der Waals surface area (Å²) in [4.78, 5) is 35.4. The summed E-state index contributed by atoms with van der Waals surface area (Å²) in [6.07, 6.45) is 7.45. The van der Waals surface area contributed by atoms with Gasteiger partial charge in [-0.15, -0.1) is 11.3 Å². The van der Waals surface area contributed by atoms with Crippen molar-refractivity contribution in [3.8, 4) is 6.07 Å². The second-order valence-corrected chi connectivity index (χ2v) is 10.6. The molecule has 0 unspecified atom stereocenters. The molecule has 3 aromatic rings. The zero-order chi connectivity index (χ0) is 21.4. The number of nitrogens with zero attached hydrogens (tertiary/aromatic N) is 6. The molecule has 1 aliphatic carbocycles. The van der Waals surface area contributed by atoms with Crippen LogP contribution in [0.3, 0.4) is 0 Å². The molecule has 7 rings (SSSR count). The highest BCUT2D eigenvalue weighted by Gasteiger charge is 2.52. The Bertz CT molecular complexity index is 1340. The van der Waals surface area contributed by atoms with Crippen LogP contribution in [0.1, 0.15) is 35.3 Å². The lowest BCUT2D eigenvalue weighted by Gasteiger charge is -2.49. The molecule has 9 nitrogen and oxygen atoms in total. The van der Waals surface area contributed by atoms with Crippen molar-refractivity contribution in [1.29, 1.82) is 5.26 Å². The number of rotatable bonds is 2. The molecule has 3 aliphatic heterocycles. The Hall–Kier alpha value is -3.03. The molecule has 2 atom stereocenters. The molecule has 3 fully saturated rings. The summed E-state index contributed by atoms with van der Waals surface area (Å²) in [5.41, 5.74) is 1.53. The predicted molar refractivity (Wildman–Crippen MR) is 121 cm³/mol. The molecule has 2 N–H and O–H groups in total. The molecule has 4 aliphatic rings. The van der Waals surface area contributed by atoms with Crippen molar-refractivity contribution >= 4 is 33.2 Å². The first-order chi connectivity index (χ1) is 15.6. The lowest BCUT2D eigenvalue weighted by atomic mass is 9.74. The van der Waals surface area contributed by atoms with Gasteiger partial charge in [-0.1, -0.05) is 0 Å². The van der Waals surface area contributed by atoms with Crippen molar-refractivity contribution in [3.63, 3.8) is 0 Å². The molecule has 0 saturated carbocycles. The summed E-state index contributed by atoms with van der Waals surface area (Å²) < 4.78 is 0. The Balaban J connectivity index is 1.23. The van der Waals surface area contributed by atoms with E-state index in [-0.39, 0.29) is 11.0 Å². The van der Waals surface area contributed by atoms with E-state index in [0.29, 0.717) is 23.5 Å². The Labute approximate surface area is 188 Å². The van der Waals surface area contributed by atoms with Gasteiger partial charge in [0.15, 0.2) is 11.6 Å². The fourth-order valence-corrected chi connectivity index (χ4v) is 7.55. The zero-order valence-corrected chi connectivity index (χ0v) is 18.3. The van der Waals surface area contributed by atoms with Crippen LogP contribution in [0.2, 0.25) is 0 Å². The smallest absolute Gasteiger partial charge is 0.281 e. The van der Waals surface area contributed by atoms with E-state index in [1.165, 1.54) is 29.6 Å². The quantitative estimate of drug-likeness (QED) is 0.605. The number of thiophene rings is 1. The van der Waals surface area contributed by atoms with Crippen LogP contribution < -0.4 is 20.7 Å². The van der Waals surface area contributed by atoms with Gasteiger partial charge in [0, 0.05) is 48.6 Å². The van der Waals surface area contributed by atoms with Gasteiger partial charge in [-0.3, -0.25) is 4.79 Å². The van der Waals surface area contributed by atoms with E-state index in [4.69, 9.17) is 0 Å². The Kier molecular flexibility index (Phi) is 3.76. The van der Waals surface area contributed by atoms with Gasteiger partial charge < -0.3 is 20.1 Å². The SMILES string of the molecule is N#Cc1c(N2C[C@H]3CC[C@@H](C2)N3)ncnc1N1CC2(CCc3sc4[nH]cnc(=O)c4c32)C1. The van der Waals surface area contributed by atoms with Gasteiger partial charge in [-0.2, -0.15) is 10.2 Å². The number of fused-ring (bicyclic) bond motifs is 6. The minimum Gasteiger partial charge on any atom is -0.353 e. The summed E-state index contributed by atoms with van der Waals surface area (Å²) in [5.74, 6) is 1.47. The Morgan fingerprint density at radius 2 is 1.88 bits per heavy atom. The number of hydrogen-bond acceptors (Lipinski definition) is 9. The molecule has 32 heavy (non-hydrogen) atoms. The number of aromatic nitrogens is 4. The number of aromatic amines is 1. The van der Waals surface area contributed by atoms with Gasteiger partial charge in [0.1, 0.15) is 22.8 Å². The Morgan fingerprint density at radius 1 is 1.12 bits per heavy atom. The van der Waals surface area contributed by atoms with Crippen LogP contribution in [-0.4, -0.2) is 58.2 Å². The van der Waals surface area contributed by atoms with E-state index < -0.39 is 0 Å². The second-order valence-electron chi connectivity index (χ2n) is 9.50. The third kappa shape index (κ3) is 2.46. The molecular weight excluding hydrogens is 424 g/mol. The third-order valence-electron chi connectivity index (χ3n) is 7.66. The number of H-pyrrole nitrogens is 1. The van der Waals surface area contributed by atoms with Crippen molar-refractivity contribution in [1.82, 2.24) is 25.3 Å². The van der Waals surface area contributed by atoms with Gasteiger partial charge in [0.2, 0.25) is 0 Å². The first kappa shape index (κ1) is 18.5. The van der Waals surface area contributed by atoms with E-state index in [1.807, 2.05) is 0 Å². The second kappa shape index (κ2) is 6.49. The number of nitriles is 1. The first-order valence-electron chi connectivity index (χ1n) is 11.2. The van der Waals surface area contributed by atoms with Crippen molar-refractivity contribution in [2.24, 2.45) is 0 Å². The molecule has 3 aromatic heterocycles. The molecule has 1 spiro atoms. The van der Waals surface area contributed by atoms with Gasteiger partial charge in [-0.25, -0.2) is 9.97 Å². The number of aryl methyl sites for hydroxylation is 1. The average Bonchev–Trinajstić information content (AvgIpc) is 3.44. The summed E-state index contributed by atoms with van der Waals surface area (Å²) in [6, 6.07) is 3.35. The highest BCUT2D eigenvalue weighted by molar-refractivity contribution is 7.18. The number of nitrogens with one attached hydrogen (secondary N) is 2. The molecule has 0 radical (unpaired) electrons. The lowest BCUT2D eigenvalue weighted by molar-refractivity contribution is 0.328. The maximum Gasteiger partial charge on any atom is 0.281 e. The maximum atomic E-state index is 12.5. The molecule has 6 heterocycles. The van der Waals surface area contributed by atoms with Crippen molar-refractivity contribution in [2.75, 3.05) is 36.0 Å². The van der Waals surface area contributed by atoms with E-state index >= 15 is 0 Å². The average molecular weight is 447 g/mol. The standard InChI is InChI=1S/C22H22N8OS/c23-5-14-18(29-6-12-1-2-13(7-29)28-12)24-10-25-19(14)30-8-22(9-30)4-3-15-17(22)16-20(31)26-11-27-21(16)32-15/h10-13,28H,1-4,6-9H2,(H,26,27,31)/t12-,13+. The third-order valence-corrected chi connectivity index (χ3v) is 8.84.